The Balaban J connectivity index is 3.19. The highest BCUT2D eigenvalue weighted by atomic mass is 16.5. The number of carboxylic acid groups (broad SMARTS) is 1. The summed E-state index contributed by atoms with van der Waals surface area (Å²) in [6, 6.07) is 0. The van der Waals surface area contributed by atoms with Gasteiger partial charge in [-0.3, -0.25) is 14.4 Å². The van der Waals surface area contributed by atoms with Crippen LogP contribution in [0.1, 0.15) is 110 Å². The Hall–Kier alpha value is -1.67. The summed E-state index contributed by atoms with van der Waals surface area (Å²) >= 11 is 0. The lowest BCUT2D eigenvalue weighted by atomic mass is 10.0. The minimum absolute atomic E-state index is 0.0495. The molecule has 8 heteroatoms. The summed E-state index contributed by atoms with van der Waals surface area (Å²) in [4.78, 5) is 33.4. The molecule has 0 aliphatic carbocycles. The van der Waals surface area contributed by atoms with Gasteiger partial charge in [-0.1, -0.05) is 77.0 Å². The van der Waals surface area contributed by atoms with Crippen LogP contribution in [0.25, 0.3) is 0 Å². The van der Waals surface area contributed by atoms with Crippen molar-refractivity contribution in [3.63, 3.8) is 0 Å². The first-order valence-corrected chi connectivity index (χ1v) is 13.5. The Morgan fingerprint density at radius 2 is 1.06 bits per heavy atom. The molecule has 0 heterocycles. The van der Waals surface area contributed by atoms with E-state index >= 15 is 0 Å². The molecular weight excluding hydrogens is 436 g/mol. The van der Waals surface area contributed by atoms with Gasteiger partial charge in [0.15, 0.2) is 0 Å². The molecule has 0 saturated heterocycles. The van der Waals surface area contributed by atoms with Crippen LogP contribution in [-0.2, 0) is 23.9 Å². The molecule has 0 radical (unpaired) electrons. The van der Waals surface area contributed by atoms with Crippen LogP contribution in [0.5, 0.6) is 0 Å². The van der Waals surface area contributed by atoms with Gasteiger partial charge in [-0.05, 0) is 19.8 Å². The number of carbonyl (C=O) groups excluding carboxylic acids is 2. The Morgan fingerprint density at radius 1 is 0.588 bits per heavy atom. The zero-order valence-electron chi connectivity index (χ0n) is 21.5. The Bertz CT molecular complexity index is 502. The topological polar surface area (TPSA) is 114 Å². The molecule has 34 heavy (non-hydrogen) atoms. The van der Waals surface area contributed by atoms with Crippen LogP contribution in [0.4, 0.5) is 0 Å². The Labute approximate surface area is 206 Å². The highest BCUT2D eigenvalue weighted by Gasteiger charge is 2.02. The molecule has 3 N–H and O–H groups in total. The zero-order chi connectivity index (χ0) is 25.1. The monoisotopic (exact) mass is 486 g/mol. The molecule has 0 atom stereocenters. The summed E-state index contributed by atoms with van der Waals surface area (Å²) in [6.45, 7) is 4.23. The number of aliphatic carboxylic acids is 1. The van der Waals surface area contributed by atoms with E-state index in [0.717, 1.165) is 32.1 Å². The van der Waals surface area contributed by atoms with E-state index in [1.54, 1.807) is 0 Å². The fourth-order valence-corrected chi connectivity index (χ4v) is 3.67. The summed E-state index contributed by atoms with van der Waals surface area (Å²) in [7, 11) is 0. The van der Waals surface area contributed by atoms with E-state index in [9.17, 15) is 14.4 Å². The second-order valence-electron chi connectivity index (χ2n) is 8.81. The Morgan fingerprint density at radius 3 is 1.56 bits per heavy atom. The number of ether oxygens (including phenoxy) is 2. The molecular formula is C26H50N2O6. The summed E-state index contributed by atoms with van der Waals surface area (Å²) in [6.07, 6.45) is 17.4. The van der Waals surface area contributed by atoms with Crippen LogP contribution in [0, 0.1) is 0 Å². The quantitative estimate of drug-likeness (QED) is 0.154. The predicted molar refractivity (Wildman–Crippen MR) is 135 cm³/mol. The first kappa shape index (κ1) is 32.3. The molecule has 0 rings (SSSR count). The van der Waals surface area contributed by atoms with E-state index in [0.29, 0.717) is 45.8 Å². The van der Waals surface area contributed by atoms with Crippen LogP contribution < -0.4 is 10.6 Å². The van der Waals surface area contributed by atoms with Gasteiger partial charge in [0.1, 0.15) is 6.61 Å². The molecule has 0 unspecified atom stereocenters. The van der Waals surface area contributed by atoms with Crippen molar-refractivity contribution < 1.29 is 29.0 Å². The van der Waals surface area contributed by atoms with E-state index in [1.165, 1.54) is 57.8 Å². The number of hydrogen-bond donors (Lipinski definition) is 3. The van der Waals surface area contributed by atoms with Crippen molar-refractivity contribution in [3.05, 3.63) is 0 Å². The maximum Gasteiger partial charge on any atom is 0.303 e. The molecule has 0 fully saturated rings. The maximum absolute atomic E-state index is 11.8. The number of unbranched alkanes of at least 4 members (excludes halogenated alkanes) is 13. The molecule has 2 amide bonds. The average molecular weight is 487 g/mol. The van der Waals surface area contributed by atoms with Gasteiger partial charge in [-0.15, -0.1) is 0 Å². The fraction of sp³-hybridized carbons (Fsp3) is 0.885. The molecule has 0 aliphatic rings. The van der Waals surface area contributed by atoms with Gasteiger partial charge in [-0.25, -0.2) is 0 Å². The largest absolute Gasteiger partial charge is 0.481 e. The van der Waals surface area contributed by atoms with Gasteiger partial charge < -0.3 is 25.2 Å². The van der Waals surface area contributed by atoms with Crippen molar-refractivity contribution in [3.8, 4) is 0 Å². The number of nitrogens with one attached hydrogen (secondary N) is 2. The first-order valence-electron chi connectivity index (χ1n) is 13.5. The normalized spacial score (nSPS) is 10.9. The summed E-state index contributed by atoms with van der Waals surface area (Å²) < 4.78 is 10.6. The fourth-order valence-electron chi connectivity index (χ4n) is 3.67. The minimum atomic E-state index is -0.682. The van der Waals surface area contributed by atoms with E-state index < -0.39 is 5.97 Å². The SMILES string of the molecule is CCNC(=O)COCCOCCNC(=O)CCCCCCCCCCCCCCCCC(=O)O. The highest BCUT2D eigenvalue weighted by Crippen LogP contribution is 2.13. The van der Waals surface area contributed by atoms with Crippen molar-refractivity contribution >= 4 is 17.8 Å². The van der Waals surface area contributed by atoms with Crippen LogP contribution in [0.3, 0.4) is 0 Å². The summed E-state index contributed by atoms with van der Waals surface area (Å²) in [5, 5.41) is 14.1. The van der Waals surface area contributed by atoms with Crippen molar-refractivity contribution in [2.45, 2.75) is 110 Å². The standard InChI is InChI=1S/C26H50N2O6/c1-2-27-25(30)23-34-22-21-33-20-19-28-24(29)17-15-13-11-9-7-5-3-4-6-8-10-12-14-16-18-26(31)32/h2-23H2,1H3,(H,27,30)(H,28,29)(H,31,32). The second kappa shape index (κ2) is 25.9. The van der Waals surface area contributed by atoms with Gasteiger partial charge in [0.2, 0.25) is 11.8 Å². The molecule has 200 valence electrons. The van der Waals surface area contributed by atoms with E-state index in [4.69, 9.17) is 14.6 Å². The first-order chi connectivity index (χ1) is 16.6. The van der Waals surface area contributed by atoms with Crippen molar-refractivity contribution in [1.29, 1.82) is 0 Å². The minimum Gasteiger partial charge on any atom is -0.481 e. The third kappa shape index (κ3) is 26.6. The smallest absolute Gasteiger partial charge is 0.303 e. The average Bonchev–Trinajstić information content (AvgIpc) is 2.80. The molecule has 0 aliphatic heterocycles. The lowest BCUT2D eigenvalue weighted by molar-refractivity contribution is -0.137. The molecule has 0 saturated carbocycles. The van der Waals surface area contributed by atoms with Gasteiger partial charge in [0.05, 0.1) is 19.8 Å². The van der Waals surface area contributed by atoms with E-state index in [2.05, 4.69) is 10.6 Å². The molecule has 0 aromatic carbocycles. The van der Waals surface area contributed by atoms with Crippen LogP contribution >= 0.6 is 0 Å². The molecule has 0 spiro atoms. The number of hydrogen-bond acceptors (Lipinski definition) is 5. The van der Waals surface area contributed by atoms with Crippen molar-refractivity contribution in [2.24, 2.45) is 0 Å². The maximum atomic E-state index is 11.8. The predicted octanol–water partition coefficient (Wildman–Crippen LogP) is 4.60. The lowest BCUT2D eigenvalue weighted by Gasteiger charge is -2.07. The molecule has 0 aromatic heterocycles. The van der Waals surface area contributed by atoms with Crippen LogP contribution in [0.15, 0.2) is 0 Å². The highest BCUT2D eigenvalue weighted by molar-refractivity contribution is 5.77. The zero-order valence-corrected chi connectivity index (χ0v) is 21.5. The molecule has 8 nitrogen and oxygen atoms in total. The second-order valence-corrected chi connectivity index (χ2v) is 8.81. The third-order valence-corrected chi connectivity index (χ3v) is 5.59. The summed E-state index contributed by atoms with van der Waals surface area (Å²) in [5.74, 6) is -0.725. The number of amides is 2. The van der Waals surface area contributed by atoms with E-state index in [-0.39, 0.29) is 18.4 Å². The summed E-state index contributed by atoms with van der Waals surface area (Å²) in [5.41, 5.74) is 0. The number of carboxylic acids is 1. The van der Waals surface area contributed by atoms with Crippen molar-refractivity contribution in [2.75, 3.05) is 39.5 Å². The number of likely N-dealkylation sites (N-methyl/N-ethyl adjacent to an activating group) is 1. The van der Waals surface area contributed by atoms with Crippen LogP contribution in [0.2, 0.25) is 0 Å². The van der Waals surface area contributed by atoms with Crippen LogP contribution in [-0.4, -0.2) is 62.4 Å². The van der Waals surface area contributed by atoms with Gasteiger partial charge >= 0.3 is 5.97 Å². The third-order valence-electron chi connectivity index (χ3n) is 5.59. The number of carbonyl (C=O) groups is 3. The molecule has 0 bridgehead atoms. The number of rotatable bonds is 26. The Kier molecular flexibility index (Phi) is 24.7. The van der Waals surface area contributed by atoms with E-state index in [1.807, 2.05) is 6.92 Å². The van der Waals surface area contributed by atoms with Gasteiger partial charge in [-0.2, -0.15) is 0 Å². The van der Waals surface area contributed by atoms with Gasteiger partial charge in [0, 0.05) is 25.9 Å². The molecule has 0 aromatic rings. The lowest BCUT2D eigenvalue weighted by Crippen LogP contribution is -2.28. The van der Waals surface area contributed by atoms with Gasteiger partial charge in [0.25, 0.3) is 0 Å². The van der Waals surface area contributed by atoms with Crippen molar-refractivity contribution in [1.82, 2.24) is 10.6 Å².